The molecule has 3 rings (SSSR count). The van der Waals surface area contributed by atoms with E-state index in [9.17, 15) is 9.59 Å². The van der Waals surface area contributed by atoms with Crippen molar-refractivity contribution in [2.45, 2.75) is 53.6 Å². The van der Waals surface area contributed by atoms with Crippen LogP contribution in [0.2, 0.25) is 0 Å². The molecule has 28 heavy (non-hydrogen) atoms. The Labute approximate surface area is 173 Å². The van der Waals surface area contributed by atoms with E-state index in [1.165, 1.54) is 0 Å². The topological polar surface area (TPSA) is 69.0 Å². The molecule has 0 bridgehead atoms. The molecule has 0 unspecified atom stereocenters. The first-order valence-corrected chi connectivity index (χ1v) is 10.3. The molecule has 6 heteroatoms. The summed E-state index contributed by atoms with van der Waals surface area (Å²) >= 11 is 3.52. The summed E-state index contributed by atoms with van der Waals surface area (Å²) in [6.45, 7) is 10.1. The SMILES string of the molecule is CC[C@H](C)N(Cc1c(C)cc(C)[nH]c1=O)C(=O)c1cc(Br)cc2[nH]cc(C)c12. The molecule has 0 fully saturated rings. The van der Waals surface area contributed by atoms with Crippen LogP contribution in [0.4, 0.5) is 0 Å². The number of nitrogens with zero attached hydrogens (tertiary/aromatic N) is 1. The van der Waals surface area contributed by atoms with Crippen LogP contribution in [0, 0.1) is 20.8 Å². The number of fused-ring (bicyclic) bond motifs is 1. The number of hydrogen-bond donors (Lipinski definition) is 2. The molecule has 5 nitrogen and oxygen atoms in total. The highest BCUT2D eigenvalue weighted by atomic mass is 79.9. The number of carbonyl (C=O) groups excluding carboxylic acids is 1. The largest absolute Gasteiger partial charge is 0.361 e. The maximum Gasteiger partial charge on any atom is 0.255 e. The van der Waals surface area contributed by atoms with Gasteiger partial charge in [0.25, 0.3) is 11.5 Å². The molecule has 0 aliphatic carbocycles. The van der Waals surface area contributed by atoms with E-state index < -0.39 is 0 Å². The predicted molar refractivity (Wildman–Crippen MR) is 117 cm³/mol. The van der Waals surface area contributed by atoms with Gasteiger partial charge in [-0.2, -0.15) is 0 Å². The summed E-state index contributed by atoms with van der Waals surface area (Å²) in [5.41, 5.74) is 4.82. The Kier molecular flexibility index (Phi) is 5.79. The summed E-state index contributed by atoms with van der Waals surface area (Å²) in [6, 6.07) is 5.79. The van der Waals surface area contributed by atoms with Crippen molar-refractivity contribution in [3.8, 4) is 0 Å². The lowest BCUT2D eigenvalue weighted by molar-refractivity contribution is 0.0672. The smallest absolute Gasteiger partial charge is 0.255 e. The normalized spacial score (nSPS) is 12.4. The van der Waals surface area contributed by atoms with Gasteiger partial charge in [-0.25, -0.2) is 0 Å². The summed E-state index contributed by atoms with van der Waals surface area (Å²) < 4.78 is 0.846. The van der Waals surface area contributed by atoms with Gasteiger partial charge in [-0.05, 0) is 63.4 Å². The van der Waals surface area contributed by atoms with E-state index in [1.807, 2.05) is 52.1 Å². The first-order chi connectivity index (χ1) is 13.2. The lowest BCUT2D eigenvalue weighted by Gasteiger charge is -2.29. The first-order valence-electron chi connectivity index (χ1n) is 9.50. The fraction of sp³-hybridized carbons (Fsp3) is 0.364. The van der Waals surface area contributed by atoms with Gasteiger partial charge >= 0.3 is 0 Å². The predicted octanol–water partition coefficient (Wildman–Crippen LogP) is 4.98. The van der Waals surface area contributed by atoms with Crippen LogP contribution < -0.4 is 5.56 Å². The number of hydrogen-bond acceptors (Lipinski definition) is 2. The molecule has 0 spiro atoms. The van der Waals surface area contributed by atoms with Gasteiger partial charge in [0.05, 0.1) is 12.1 Å². The van der Waals surface area contributed by atoms with Crippen LogP contribution in [0.15, 0.2) is 33.7 Å². The number of halogens is 1. The maximum absolute atomic E-state index is 13.6. The van der Waals surface area contributed by atoms with E-state index in [0.717, 1.165) is 38.6 Å². The van der Waals surface area contributed by atoms with Gasteiger partial charge in [0.1, 0.15) is 0 Å². The summed E-state index contributed by atoms with van der Waals surface area (Å²) in [5, 5.41) is 0.927. The molecule has 0 aliphatic rings. The van der Waals surface area contributed by atoms with Crippen molar-refractivity contribution in [3.63, 3.8) is 0 Å². The number of benzene rings is 1. The Bertz CT molecular complexity index is 1100. The van der Waals surface area contributed by atoms with Crippen LogP contribution in [0.3, 0.4) is 0 Å². The molecule has 2 heterocycles. The molecule has 1 atom stereocenters. The minimum Gasteiger partial charge on any atom is -0.361 e. The van der Waals surface area contributed by atoms with Crippen LogP contribution in [0.25, 0.3) is 10.9 Å². The molecule has 2 aromatic heterocycles. The molecular formula is C22H26BrN3O2. The number of aromatic nitrogens is 2. The molecular weight excluding hydrogens is 418 g/mol. The minimum absolute atomic E-state index is 0.000817. The highest BCUT2D eigenvalue weighted by molar-refractivity contribution is 9.10. The molecule has 148 valence electrons. The Morgan fingerprint density at radius 1 is 1.18 bits per heavy atom. The third-order valence-corrected chi connectivity index (χ3v) is 5.84. The Morgan fingerprint density at radius 3 is 2.54 bits per heavy atom. The molecule has 1 amide bonds. The Hall–Kier alpha value is -2.34. The summed E-state index contributed by atoms with van der Waals surface area (Å²) in [7, 11) is 0. The van der Waals surface area contributed by atoms with Crippen LogP contribution in [0.1, 0.15) is 53.0 Å². The zero-order valence-electron chi connectivity index (χ0n) is 16.9. The van der Waals surface area contributed by atoms with Gasteiger partial charge < -0.3 is 14.9 Å². The highest BCUT2D eigenvalue weighted by Gasteiger charge is 2.25. The van der Waals surface area contributed by atoms with Crippen molar-refractivity contribution in [2.24, 2.45) is 0 Å². The number of H-pyrrole nitrogens is 2. The monoisotopic (exact) mass is 443 g/mol. The number of rotatable bonds is 5. The van der Waals surface area contributed by atoms with Crippen LogP contribution >= 0.6 is 15.9 Å². The van der Waals surface area contributed by atoms with Gasteiger partial charge in [0, 0.05) is 38.9 Å². The molecule has 0 saturated heterocycles. The van der Waals surface area contributed by atoms with Crippen LogP contribution in [0.5, 0.6) is 0 Å². The standard InChI is InChI=1S/C22H26BrN3O2/c1-6-15(5)26(11-18-12(2)7-14(4)25-21(18)27)22(28)17-8-16(23)9-19-20(17)13(3)10-24-19/h7-10,15,24H,6,11H2,1-5H3,(H,25,27)/t15-/m0/s1. The van der Waals surface area contributed by atoms with Crippen molar-refractivity contribution in [1.29, 1.82) is 0 Å². The number of nitrogens with one attached hydrogen (secondary N) is 2. The first kappa shape index (κ1) is 20.4. The fourth-order valence-corrected chi connectivity index (χ4v) is 4.08. The summed E-state index contributed by atoms with van der Waals surface area (Å²) in [6.07, 6.45) is 2.72. The van der Waals surface area contributed by atoms with E-state index in [2.05, 4.69) is 32.8 Å². The third-order valence-electron chi connectivity index (χ3n) is 5.38. The van der Waals surface area contributed by atoms with Crippen molar-refractivity contribution >= 4 is 32.7 Å². The van der Waals surface area contributed by atoms with Crippen molar-refractivity contribution in [1.82, 2.24) is 14.9 Å². The van der Waals surface area contributed by atoms with E-state index in [0.29, 0.717) is 11.1 Å². The van der Waals surface area contributed by atoms with Crippen molar-refractivity contribution in [3.05, 3.63) is 67.2 Å². The van der Waals surface area contributed by atoms with Gasteiger partial charge in [0.15, 0.2) is 0 Å². The van der Waals surface area contributed by atoms with Gasteiger partial charge in [-0.15, -0.1) is 0 Å². The molecule has 0 aliphatic heterocycles. The zero-order valence-corrected chi connectivity index (χ0v) is 18.5. The maximum atomic E-state index is 13.6. The second-order valence-electron chi connectivity index (χ2n) is 7.48. The molecule has 2 N–H and O–H groups in total. The Balaban J connectivity index is 2.10. The number of aryl methyl sites for hydroxylation is 3. The molecule has 0 radical (unpaired) electrons. The second-order valence-corrected chi connectivity index (χ2v) is 8.40. The van der Waals surface area contributed by atoms with E-state index >= 15 is 0 Å². The summed E-state index contributed by atoms with van der Waals surface area (Å²) in [4.78, 5) is 34.1. The average molecular weight is 444 g/mol. The molecule has 1 aromatic carbocycles. The zero-order chi connectivity index (χ0) is 20.6. The van der Waals surface area contributed by atoms with Gasteiger partial charge in [-0.1, -0.05) is 22.9 Å². The van der Waals surface area contributed by atoms with Crippen molar-refractivity contribution < 1.29 is 4.79 Å². The van der Waals surface area contributed by atoms with Crippen molar-refractivity contribution in [2.75, 3.05) is 0 Å². The van der Waals surface area contributed by atoms with Crippen LogP contribution in [-0.4, -0.2) is 26.8 Å². The lowest BCUT2D eigenvalue weighted by Crippen LogP contribution is -2.39. The van der Waals surface area contributed by atoms with Gasteiger partial charge in [-0.3, -0.25) is 9.59 Å². The quantitative estimate of drug-likeness (QED) is 0.583. The minimum atomic E-state index is -0.129. The number of carbonyl (C=O) groups is 1. The number of amides is 1. The number of aromatic amines is 2. The van der Waals surface area contributed by atoms with E-state index in [1.54, 1.807) is 4.90 Å². The van der Waals surface area contributed by atoms with Gasteiger partial charge in [0.2, 0.25) is 0 Å². The highest BCUT2D eigenvalue weighted by Crippen LogP contribution is 2.29. The van der Waals surface area contributed by atoms with E-state index in [4.69, 9.17) is 0 Å². The lowest BCUT2D eigenvalue weighted by atomic mass is 10.0. The average Bonchev–Trinajstić information content (AvgIpc) is 3.00. The second kappa shape index (κ2) is 7.95. The molecule has 3 aromatic rings. The summed E-state index contributed by atoms with van der Waals surface area (Å²) in [5.74, 6) is -0.0669. The third kappa shape index (κ3) is 3.78. The van der Waals surface area contributed by atoms with E-state index in [-0.39, 0.29) is 24.1 Å². The molecule has 0 saturated carbocycles. The Morgan fingerprint density at radius 2 is 1.89 bits per heavy atom. The number of pyridine rings is 1. The fourth-order valence-electron chi connectivity index (χ4n) is 3.62. The van der Waals surface area contributed by atoms with Crippen LogP contribution in [-0.2, 0) is 6.54 Å².